The van der Waals surface area contributed by atoms with Crippen molar-refractivity contribution in [2.24, 2.45) is 10.9 Å². The van der Waals surface area contributed by atoms with Crippen LogP contribution in [0.15, 0.2) is 57.1 Å². The van der Waals surface area contributed by atoms with Crippen LogP contribution in [0.2, 0.25) is 0 Å². The average Bonchev–Trinajstić information content (AvgIpc) is 3.23. The highest BCUT2D eigenvalue weighted by Gasteiger charge is 2.44. The third-order valence-corrected chi connectivity index (χ3v) is 5.16. The van der Waals surface area contributed by atoms with E-state index in [2.05, 4.69) is 4.99 Å². The number of nitrogens with zero attached hydrogens (tertiary/aromatic N) is 2. The van der Waals surface area contributed by atoms with Crippen LogP contribution in [0.3, 0.4) is 0 Å². The molecule has 0 aliphatic carbocycles. The number of non-ortho nitro benzene ring substituents is 1. The molecule has 0 fully saturated rings. The van der Waals surface area contributed by atoms with Crippen LogP contribution in [0.4, 0.5) is 5.69 Å². The number of carbonyl (C=O) groups is 2. The lowest BCUT2D eigenvalue weighted by Gasteiger charge is -2.29. The largest absolute Gasteiger partial charge is 0.465 e. The summed E-state index contributed by atoms with van der Waals surface area (Å²) in [5, 5.41) is 10.9. The van der Waals surface area contributed by atoms with Crippen LogP contribution in [-0.4, -0.2) is 35.8 Å². The summed E-state index contributed by atoms with van der Waals surface area (Å²) in [6.45, 7) is 7.14. The van der Waals surface area contributed by atoms with E-state index in [9.17, 15) is 19.7 Å². The second-order valence-corrected chi connectivity index (χ2v) is 7.19. The Balaban J connectivity index is 2.07. The third-order valence-electron chi connectivity index (χ3n) is 5.16. The lowest BCUT2D eigenvalue weighted by molar-refractivity contribution is -0.384. The van der Waals surface area contributed by atoms with Gasteiger partial charge in [-0.25, -0.2) is 4.79 Å². The van der Waals surface area contributed by atoms with Crippen LogP contribution in [0.25, 0.3) is 11.3 Å². The van der Waals surface area contributed by atoms with Crippen molar-refractivity contribution in [1.82, 2.24) is 0 Å². The standard InChI is InChI=1S/C23H24N2O7/c1-5-30-22(26)19-13(3)24-14(4)20(23(27)31-6-2)21(19)18-12-11-17(32-18)15-7-9-16(10-8-15)25(28)29/h7-12,19,21H,5-6H2,1-4H3. The molecule has 1 aromatic heterocycles. The van der Waals surface area contributed by atoms with Crippen molar-refractivity contribution < 1.29 is 28.4 Å². The number of hydrogen-bond donors (Lipinski definition) is 0. The summed E-state index contributed by atoms with van der Waals surface area (Å²) in [7, 11) is 0. The summed E-state index contributed by atoms with van der Waals surface area (Å²) < 4.78 is 16.5. The molecule has 2 unspecified atom stereocenters. The number of aliphatic imine (C=N–C) groups is 1. The van der Waals surface area contributed by atoms with E-state index in [1.54, 1.807) is 52.0 Å². The molecule has 9 heteroatoms. The number of nitro benzene ring substituents is 1. The van der Waals surface area contributed by atoms with E-state index in [0.29, 0.717) is 28.5 Å². The van der Waals surface area contributed by atoms with E-state index in [-0.39, 0.29) is 24.5 Å². The summed E-state index contributed by atoms with van der Waals surface area (Å²) in [4.78, 5) is 40.4. The van der Waals surface area contributed by atoms with Gasteiger partial charge in [0.25, 0.3) is 5.69 Å². The number of benzene rings is 1. The fourth-order valence-corrected chi connectivity index (χ4v) is 3.78. The number of nitro groups is 1. The topological polar surface area (TPSA) is 121 Å². The maximum atomic E-state index is 12.8. The van der Waals surface area contributed by atoms with Gasteiger partial charge in [0.15, 0.2) is 0 Å². The Bertz CT molecular complexity index is 1100. The van der Waals surface area contributed by atoms with Crippen LogP contribution in [-0.2, 0) is 19.1 Å². The van der Waals surface area contributed by atoms with E-state index in [0.717, 1.165) is 0 Å². The van der Waals surface area contributed by atoms with Gasteiger partial charge in [0.1, 0.15) is 17.4 Å². The molecule has 0 N–H and O–H groups in total. The van der Waals surface area contributed by atoms with Crippen LogP contribution in [0.5, 0.6) is 0 Å². The molecule has 1 aliphatic heterocycles. The molecule has 168 valence electrons. The second kappa shape index (κ2) is 9.59. The Labute approximate surface area is 184 Å². The normalized spacial score (nSPS) is 18.2. The lowest BCUT2D eigenvalue weighted by Crippen LogP contribution is -2.36. The molecule has 32 heavy (non-hydrogen) atoms. The van der Waals surface area contributed by atoms with Gasteiger partial charge in [-0.15, -0.1) is 0 Å². The molecule has 0 spiro atoms. The predicted octanol–water partition coefficient (Wildman–Crippen LogP) is 4.43. The molecular formula is C23H24N2O7. The van der Waals surface area contributed by atoms with E-state index in [1.165, 1.54) is 12.1 Å². The average molecular weight is 440 g/mol. The molecule has 0 saturated carbocycles. The SMILES string of the molecule is CCOC(=O)C1=C(C)N=C(C)C(C(=O)OCC)C1c1ccc(-c2ccc([N+](=O)[O-])cc2)o1. The van der Waals surface area contributed by atoms with Crippen molar-refractivity contribution in [3.63, 3.8) is 0 Å². The van der Waals surface area contributed by atoms with Crippen LogP contribution >= 0.6 is 0 Å². The van der Waals surface area contributed by atoms with Crippen molar-refractivity contribution in [3.05, 3.63) is 63.5 Å². The van der Waals surface area contributed by atoms with Gasteiger partial charge in [0.05, 0.1) is 29.6 Å². The van der Waals surface area contributed by atoms with Crippen molar-refractivity contribution in [2.75, 3.05) is 13.2 Å². The number of carbonyl (C=O) groups excluding carboxylic acids is 2. The highest BCUT2D eigenvalue weighted by Crippen LogP contribution is 2.42. The van der Waals surface area contributed by atoms with Crippen LogP contribution in [0.1, 0.15) is 39.4 Å². The van der Waals surface area contributed by atoms with Crippen LogP contribution < -0.4 is 0 Å². The summed E-state index contributed by atoms with van der Waals surface area (Å²) in [5.41, 5.74) is 1.77. The maximum absolute atomic E-state index is 12.8. The second-order valence-electron chi connectivity index (χ2n) is 7.19. The first-order valence-corrected chi connectivity index (χ1v) is 10.2. The molecule has 0 amide bonds. The molecule has 1 aliphatic rings. The Morgan fingerprint density at radius 2 is 1.72 bits per heavy atom. The molecule has 9 nitrogen and oxygen atoms in total. The molecule has 0 radical (unpaired) electrons. The molecule has 0 saturated heterocycles. The Kier molecular flexibility index (Phi) is 6.87. The first-order valence-electron chi connectivity index (χ1n) is 10.2. The van der Waals surface area contributed by atoms with E-state index in [4.69, 9.17) is 13.9 Å². The van der Waals surface area contributed by atoms with Gasteiger partial charge < -0.3 is 13.9 Å². The van der Waals surface area contributed by atoms with Gasteiger partial charge in [-0.2, -0.15) is 0 Å². The highest BCUT2D eigenvalue weighted by molar-refractivity contribution is 6.06. The molecule has 3 rings (SSSR count). The first kappa shape index (κ1) is 22.9. The number of rotatable bonds is 7. The quantitative estimate of drug-likeness (QED) is 0.355. The van der Waals surface area contributed by atoms with E-state index >= 15 is 0 Å². The van der Waals surface area contributed by atoms with Crippen LogP contribution in [0, 0.1) is 16.0 Å². The summed E-state index contributed by atoms with van der Waals surface area (Å²) in [6.07, 6.45) is 0. The van der Waals surface area contributed by atoms with Gasteiger partial charge in [-0.05, 0) is 52.0 Å². The summed E-state index contributed by atoms with van der Waals surface area (Å²) >= 11 is 0. The predicted molar refractivity (Wildman–Crippen MR) is 116 cm³/mol. The molecule has 2 aromatic rings. The zero-order valence-electron chi connectivity index (χ0n) is 18.3. The fourth-order valence-electron chi connectivity index (χ4n) is 3.78. The first-order chi connectivity index (χ1) is 15.3. The van der Waals surface area contributed by atoms with Gasteiger partial charge in [0.2, 0.25) is 0 Å². The number of furan rings is 1. The van der Waals surface area contributed by atoms with Gasteiger partial charge in [0, 0.05) is 29.1 Å². The maximum Gasteiger partial charge on any atom is 0.336 e. The summed E-state index contributed by atoms with van der Waals surface area (Å²) in [5.74, 6) is -1.91. The Morgan fingerprint density at radius 1 is 1.06 bits per heavy atom. The molecule has 2 heterocycles. The van der Waals surface area contributed by atoms with E-state index < -0.39 is 28.7 Å². The minimum absolute atomic E-state index is 0.0369. The number of esters is 2. The van der Waals surface area contributed by atoms with Crippen molar-refractivity contribution in [1.29, 1.82) is 0 Å². The van der Waals surface area contributed by atoms with Gasteiger partial charge >= 0.3 is 11.9 Å². The Hall–Kier alpha value is -3.75. The number of allylic oxidation sites excluding steroid dienone is 1. The highest BCUT2D eigenvalue weighted by atomic mass is 16.6. The van der Waals surface area contributed by atoms with Crippen molar-refractivity contribution in [2.45, 2.75) is 33.6 Å². The summed E-state index contributed by atoms with van der Waals surface area (Å²) in [6, 6.07) is 9.28. The number of ether oxygens (including phenoxy) is 2. The molecular weight excluding hydrogens is 416 g/mol. The minimum atomic E-state index is -0.853. The molecule has 1 aromatic carbocycles. The van der Waals surface area contributed by atoms with Crippen molar-refractivity contribution >= 4 is 23.3 Å². The zero-order valence-corrected chi connectivity index (χ0v) is 18.3. The van der Waals surface area contributed by atoms with Crippen molar-refractivity contribution in [3.8, 4) is 11.3 Å². The van der Waals surface area contributed by atoms with E-state index in [1.807, 2.05) is 0 Å². The Morgan fingerprint density at radius 3 is 2.31 bits per heavy atom. The smallest absolute Gasteiger partial charge is 0.336 e. The third kappa shape index (κ3) is 4.46. The lowest BCUT2D eigenvalue weighted by atomic mass is 9.78. The minimum Gasteiger partial charge on any atom is -0.465 e. The number of hydrogen-bond acceptors (Lipinski definition) is 8. The zero-order chi connectivity index (χ0) is 23.4. The van der Waals surface area contributed by atoms with Gasteiger partial charge in [-0.1, -0.05) is 0 Å². The monoisotopic (exact) mass is 440 g/mol. The molecule has 2 atom stereocenters. The molecule has 0 bridgehead atoms. The van der Waals surface area contributed by atoms with Gasteiger partial charge in [-0.3, -0.25) is 19.9 Å². The fraction of sp³-hybridized carbons (Fsp3) is 0.348.